The predicted molar refractivity (Wildman–Crippen MR) is 248 cm³/mol. The van der Waals surface area contributed by atoms with Crippen molar-refractivity contribution in [3.63, 3.8) is 0 Å². The predicted octanol–water partition coefficient (Wildman–Crippen LogP) is 10.6. The number of ether oxygens (including phenoxy) is 2. The molecule has 11 nitrogen and oxygen atoms in total. The highest BCUT2D eigenvalue weighted by Crippen LogP contribution is 2.54. The van der Waals surface area contributed by atoms with Crippen molar-refractivity contribution in [2.75, 3.05) is 14.2 Å². The number of likely N-dealkylation sites (tertiary alicyclic amines) is 2. The van der Waals surface area contributed by atoms with E-state index in [1.54, 1.807) is 26.4 Å². The molecule has 2 saturated carbocycles. The van der Waals surface area contributed by atoms with Gasteiger partial charge in [-0.25, -0.2) is 15.0 Å². The molecule has 3 aromatic heterocycles. The van der Waals surface area contributed by atoms with Gasteiger partial charge in [-0.2, -0.15) is 0 Å². The lowest BCUT2D eigenvalue weighted by Gasteiger charge is -2.28. The minimum absolute atomic E-state index is 0.0857. The molecule has 5 aliphatic rings. The van der Waals surface area contributed by atoms with Crippen molar-refractivity contribution < 1.29 is 19.1 Å². The summed E-state index contributed by atoms with van der Waals surface area (Å²) in [6.07, 6.45) is 8.23. The summed E-state index contributed by atoms with van der Waals surface area (Å²) < 4.78 is 11.1. The Morgan fingerprint density at radius 3 is 1.72 bits per heavy atom. The molecule has 6 heterocycles. The van der Waals surface area contributed by atoms with Crippen molar-refractivity contribution in [3.05, 3.63) is 143 Å². The number of benzene rings is 4. The number of nitrogens with one attached hydrogen (secondary N) is 1. The van der Waals surface area contributed by atoms with Crippen LogP contribution in [0, 0.1) is 11.8 Å². The largest absolute Gasteiger partial charge is 0.496 e. The van der Waals surface area contributed by atoms with Gasteiger partial charge in [0.25, 0.3) is 11.8 Å². The Bertz CT molecular complexity index is 3150. The fourth-order valence-electron chi connectivity index (χ4n) is 10.6. The Morgan fingerprint density at radius 2 is 1.16 bits per heavy atom. The van der Waals surface area contributed by atoms with E-state index in [0.717, 1.165) is 86.9 Å². The van der Waals surface area contributed by atoms with Crippen LogP contribution in [0.25, 0.3) is 49.5 Å². The first-order valence-electron chi connectivity index (χ1n) is 21.7. The number of aliphatic imine (C=N–C) groups is 1. The van der Waals surface area contributed by atoms with E-state index in [1.165, 1.54) is 0 Å². The van der Waals surface area contributed by atoms with Gasteiger partial charge >= 0.3 is 0 Å². The number of aromatic amines is 1. The van der Waals surface area contributed by atoms with Crippen LogP contribution >= 0.6 is 23.2 Å². The number of carbonyl (C=O) groups excluding carboxylic acids is 2. The molecule has 0 bridgehead atoms. The van der Waals surface area contributed by atoms with E-state index in [1.807, 2.05) is 58.6 Å². The number of piperidine rings is 2. The summed E-state index contributed by atoms with van der Waals surface area (Å²) in [5.41, 5.74) is 8.03. The summed E-state index contributed by atoms with van der Waals surface area (Å²) in [6.45, 7) is 0. The third-order valence-corrected chi connectivity index (χ3v) is 14.4. The number of H-pyrrole nitrogens is 1. The lowest BCUT2D eigenvalue weighted by Crippen LogP contribution is -2.43. The first kappa shape index (κ1) is 39.1. The van der Waals surface area contributed by atoms with Gasteiger partial charge in [-0.3, -0.25) is 14.6 Å². The van der Waals surface area contributed by atoms with E-state index >= 15 is 0 Å². The average molecular weight is 887 g/mol. The average Bonchev–Trinajstić information content (AvgIpc) is 3.90. The minimum atomic E-state index is -0.192. The van der Waals surface area contributed by atoms with Crippen LogP contribution in [0.1, 0.15) is 70.5 Å². The van der Waals surface area contributed by atoms with Crippen molar-refractivity contribution in [1.29, 1.82) is 0 Å². The highest BCUT2D eigenvalue weighted by Gasteiger charge is 2.57. The van der Waals surface area contributed by atoms with Crippen LogP contribution in [-0.2, 0) is 0 Å². The number of aromatic nitrogens is 4. The quantitative estimate of drug-likeness (QED) is 0.143. The molecular weight excluding hydrogens is 846 g/mol. The van der Waals surface area contributed by atoms with E-state index in [2.05, 4.69) is 63.5 Å². The number of hydrogen-bond donors (Lipinski definition) is 1. The summed E-state index contributed by atoms with van der Waals surface area (Å²) in [4.78, 5) is 54.9. The maximum absolute atomic E-state index is 14.3. The van der Waals surface area contributed by atoms with E-state index < -0.39 is 0 Å². The zero-order chi connectivity index (χ0) is 43.4. The van der Waals surface area contributed by atoms with Crippen LogP contribution < -0.4 is 9.47 Å². The normalized spacial score (nSPS) is 22.9. The summed E-state index contributed by atoms with van der Waals surface area (Å²) in [7, 11) is 3.22. The SMILES string of the molecule is COc1cccc2c(C(=O)N3C(C4=NC=C(c5ccc(-c6ccc(-c7cnc(C8C[C@H]9C[C@H]9N8C(=O)c8nc(Cl)cc9c(OC)cccc89)[nH]7)cc6)cc5)C4)C[C@H]4C[C@H]43)nc(Cl)cc12. The Balaban J connectivity index is 0.724. The van der Waals surface area contributed by atoms with Crippen LogP contribution in [0.4, 0.5) is 0 Å². The third kappa shape index (κ3) is 6.46. The smallest absolute Gasteiger partial charge is 0.274 e. The van der Waals surface area contributed by atoms with Gasteiger partial charge in [0.1, 0.15) is 39.0 Å². The van der Waals surface area contributed by atoms with E-state index in [-0.39, 0.29) is 46.3 Å². The first-order chi connectivity index (χ1) is 31.2. The first-order valence-corrected chi connectivity index (χ1v) is 22.4. The van der Waals surface area contributed by atoms with Crippen LogP contribution in [0.5, 0.6) is 11.5 Å². The highest BCUT2D eigenvalue weighted by atomic mass is 35.5. The fourth-order valence-corrected chi connectivity index (χ4v) is 11.0. The molecule has 1 N–H and O–H groups in total. The van der Waals surface area contributed by atoms with Gasteiger partial charge in [0.05, 0.1) is 38.2 Å². The van der Waals surface area contributed by atoms with Gasteiger partial charge in [0.2, 0.25) is 0 Å². The summed E-state index contributed by atoms with van der Waals surface area (Å²) in [6, 6.07) is 31.9. The molecule has 12 rings (SSSR count). The summed E-state index contributed by atoms with van der Waals surface area (Å²) in [5, 5.41) is 3.49. The molecule has 6 atom stereocenters. The maximum Gasteiger partial charge on any atom is 0.274 e. The number of allylic oxidation sites excluding steroid dienone is 1. The highest BCUT2D eigenvalue weighted by molar-refractivity contribution is 6.31. The zero-order valence-corrected chi connectivity index (χ0v) is 36.5. The summed E-state index contributed by atoms with van der Waals surface area (Å²) >= 11 is 12.9. The van der Waals surface area contributed by atoms with Gasteiger partial charge in [-0.05, 0) is 89.6 Å². The standard InChI is InChI=1S/C51H41Cl2N7O4/c1-63-43-7-3-5-33-35(43)22-45(52)57-47(33)50(61)59-39-18-30(39)20-41(59)37-17-32(24-54-37)28-11-9-26(10-12-28)27-13-15-29(16-14-27)38-25-55-49(56-38)42-21-31-19-40(31)60(42)51(62)48-34-6-4-8-44(64-2)36(34)23-46(53)58-48/h3-16,22-25,30-31,39-42H,17-21H2,1-2H3,(H,55,56)/t30-,31-,39-,40-,41?,42?/m1/s1. The number of halogens is 2. The molecule has 7 aromatic rings. The molecule has 4 aromatic carbocycles. The van der Waals surface area contributed by atoms with Gasteiger partial charge in [0.15, 0.2) is 0 Å². The topological polar surface area (TPSA) is 126 Å². The van der Waals surface area contributed by atoms with Gasteiger partial charge in [0, 0.05) is 52.0 Å². The van der Waals surface area contributed by atoms with Crippen molar-refractivity contribution in [1.82, 2.24) is 29.7 Å². The van der Waals surface area contributed by atoms with Gasteiger partial charge < -0.3 is 24.3 Å². The number of amides is 2. The van der Waals surface area contributed by atoms with Crippen molar-refractivity contribution in [2.24, 2.45) is 16.8 Å². The molecule has 2 unspecified atom stereocenters. The molecular formula is C51H41Cl2N7O4. The maximum atomic E-state index is 14.3. The number of rotatable bonds is 9. The molecule has 3 aliphatic heterocycles. The Morgan fingerprint density at radius 1 is 0.641 bits per heavy atom. The monoisotopic (exact) mass is 885 g/mol. The lowest BCUT2D eigenvalue weighted by atomic mass is 9.95. The molecule has 0 spiro atoms. The minimum Gasteiger partial charge on any atom is -0.496 e. The number of nitrogens with zero attached hydrogens (tertiary/aromatic N) is 6. The Labute approximate surface area is 378 Å². The Hall–Kier alpha value is -6.56. The second-order valence-corrected chi connectivity index (χ2v) is 18.3. The summed E-state index contributed by atoms with van der Waals surface area (Å²) in [5.74, 6) is 2.73. The number of carbonyl (C=O) groups is 2. The zero-order valence-electron chi connectivity index (χ0n) is 35.0. The van der Waals surface area contributed by atoms with Crippen LogP contribution in [0.2, 0.25) is 10.3 Å². The van der Waals surface area contributed by atoms with Gasteiger partial charge in [-0.15, -0.1) is 0 Å². The third-order valence-electron chi connectivity index (χ3n) is 14.0. The molecule has 64 heavy (non-hydrogen) atoms. The van der Waals surface area contributed by atoms with Crippen molar-refractivity contribution >= 4 is 67.8 Å². The van der Waals surface area contributed by atoms with Crippen molar-refractivity contribution in [2.45, 2.75) is 56.3 Å². The van der Waals surface area contributed by atoms with Crippen LogP contribution in [-0.4, -0.2) is 79.6 Å². The van der Waals surface area contributed by atoms with E-state index in [9.17, 15) is 9.59 Å². The van der Waals surface area contributed by atoms with Crippen molar-refractivity contribution in [3.8, 4) is 33.9 Å². The number of hydrogen-bond acceptors (Lipinski definition) is 8. The fraction of sp³-hybridized carbons (Fsp3) is 0.255. The molecule has 2 aliphatic carbocycles. The number of fused-ring (bicyclic) bond motifs is 4. The Kier molecular flexibility index (Phi) is 9.17. The van der Waals surface area contributed by atoms with Gasteiger partial charge in [-0.1, -0.05) is 96.0 Å². The molecule has 4 fully saturated rings. The second kappa shape index (κ2) is 15.0. The van der Waals surface area contributed by atoms with E-state index in [4.69, 9.17) is 42.7 Å². The molecule has 13 heteroatoms. The molecule has 2 saturated heterocycles. The van der Waals surface area contributed by atoms with E-state index in [0.29, 0.717) is 46.5 Å². The number of pyridine rings is 2. The molecule has 318 valence electrons. The van der Waals surface area contributed by atoms with Crippen LogP contribution in [0.15, 0.2) is 114 Å². The molecule has 0 radical (unpaired) electrons. The lowest BCUT2D eigenvalue weighted by molar-refractivity contribution is 0.0687. The second-order valence-electron chi connectivity index (χ2n) is 17.5. The van der Waals surface area contributed by atoms with Crippen LogP contribution in [0.3, 0.4) is 0 Å². The molecule has 2 amide bonds. The number of imidazole rings is 1. The number of methoxy groups -OCH3 is 2.